The third-order valence-electron chi connectivity index (χ3n) is 3.95. The second-order valence-electron chi connectivity index (χ2n) is 5.22. The van der Waals surface area contributed by atoms with Crippen LogP contribution in [0.15, 0.2) is 0 Å². The van der Waals surface area contributed by atoms with Crippen molar-refractivity contribution >= 4 is 5.97 Å². The molecule has 5 nitrogen and oxygen atoms in total. The van der Waals surface area contributed by atoms with Crippen molar-refractivity contribution in [2.24, 2.45) is 5.73 Å². The molecule has 1 fully saturated rings. The summed E-state index contributed by atoms with van der Waals surface area (Å²) in [6, 6.07) is 0. The number of likely N-dealkylation sites (tertiary alicyclic amines) is 1. The van der Waals surface area contributed by atoms with Crippen LogP contribution < -0.4 is 5.73 Å². The monoisotopic (exact) mass is 258 g/mol. The smallest absolute Gasteiger partial charge is 0.323 e. The lowest BCUT2D eigenvalue weighted by Gasteiger charge is -2.32. The number of nitrogens with zero attached hydrogens (tertiary/aromatic N) is 1. The van der Waals surface area contributed by atoms with E-state index in [2.05, 4.69) is 4.90 Å². The van der Waals surface area contributed by atoms with Crippen LogP contribution in [0.25, 0.3) is 0 Å². The lowest BCUT2D eigenvalue weighted by atomic mass is 9.91. The highest BCUT2D eigenvalue weighted by Crippen LogP contribution is 2.17. The molecule has 0 radical (unpaired) electrons. The van der Waals surface area contributed by atoms with Crippen LogP contribution in [-0.2, 0) is 9.53 Å². The topological polar surface area (TPSA) is 75.8 Å². The molecule has 0 aromatic heterocycles. The first-order valence-electron chi connectivity index (χ1n) is 6.79. The van der Waals surface area contributed by atoms with Crippen molar-refractivity contribution in [2.75, 3.05) is 26.7 Å². The van der Waals surface area contributed by atoms with Crippen molar-refractivity contribution in [3.63, 3.8) is 0 Å². The van der Waals surface area contributed by atoms with Crippen LogP contribution in [-0.4, -0.2) is 54.4 Å². The first-order chi connectivity index (χ1) is 8.51. The van der Waals surface area contributed by atoms with Gasteiger partial charge in [-0.15, -0.1) is 0 Å². The molecule has 18 heavy (non-hydrogen) atoms. The number of carboxylic acid groups (broad SMARTS) is 1. The molecule has 1 heterocycles. The van der Waals surface area contributed by atoms with Crippen LogP contribution in [0, 0.1) is 0 Å². The Morgan fingerprint density at radius 1 is 1.61 bits per heavy atom. The molecule has 3 N–H and O–H groups in total. The van der Waals surface area contributed by atoms with E-state index >= 15 is 0 Å². The highest BCUT2D eigenvalue weighted by molar-refractivity contribution is 5.78. The van der Waals surface area contributed by atoms with Gasteiger partial charge in [-0.25, -0.2) is 0 Å². The number of nitrogens with two attached hydrogens (primary N) is 1. The zero-order chi connectivity index (χ0) is 13.6. The quantitative estimate of drug-likeness (QED) is 0.714. The summed E-state index contributed by atoms with van der Waals surface area (Å²) >= 11 is 0. The summed E-state index contributed by atoms with van der Waals surface area (Å²) in [4.78, 5) is 13.4. The van der Waals surface area contributed by atoms with E-state index in [1.807, 2.05) is 6.92 Å². The molecule has 1 aliphatic rings. The normalized spacial score (nSPS) is 24.7. The molecule has 0 bridgehead atoms. The Kier molecular flexibility index (Phi) is 6.05. The molecule has 2 unspecified atom stereocenters. The molecule has 1 saturated heterocycles. The van der Waals surface area contributed by atoms with Crippen molar-refractivity contribution in [3.05, 3.63) is 0 Å². The van der Waals surface area contributed by atoms with E-state index in [9.17, 15) is 4.79 Å². The van der Waals surface area contributed by atoms with Gasteiger partial charge in [-0.2, -0.15) is 0 Å². The van der Waals surface area contributed by atoms with E-state index in [1.165, 1.54) is 0 Å². The van der Waals surface area contributed by atoms with Gasteiger partial charge in [0, 0.05) is 13.7 Å². The van der Waals surface area contributed by atoms with Crippen LogP contribution in [0.3, 0.4) is 0 Å². The molecule has 0 spiro atoms. The minimum Gasteiger partial charge on any atom is -0.480 e. The summed E-state index contributed by atoms with van der Waals surface area (Å²) < 4.78 is 5.37. The number of piperidine rings is 1. The van der Waals surface area contributed by atoms with Gasteiger partial charge in [0.15, 0.2) is 0 Å². The third kappa shape index (κ3) is 4.23. The maximum atomic E-state index is 11.1. The molecule has 5 heteroatoms. The summed E-state index contributed by atoms with van der Waals surface area (Å²) in [5.74, 6) is -0.890. The maximum Gasteiger partial charge on any atom is 0.323 e. The molecule has 0 aromatic rings. The van der Waals surface area contributed by atoms with Gasteiger partial charge >= 0.3 is 5.97 Å². The van der Waals surface area contributed by atoms with E-state index in [0.29, 0.717) is 18.9 Å². The van der Waals surface area contributed by atoms with E-state index < -0.39 is 11.5 Å². The fourth-order valence-corrected chi connectivity index (χ4v) is 2.46. The molecule has 1 aliphatic heterocycles. The van der Waals surface area contributed by atoms with Crippen molar-refractivity contribution in [2.45, 2.75) is 50.7 Å². The number of hydrogen-bond acceptors (Lipinski definition) is 4. The highest BCUT2D eigenvalue weighted by Gasteiger charge is 2.31. The van der Waals surface area contributed by atoms with Crippen molar-refractivity contribution in [1.29, 1.82) is 0 Å². The van der Waals surface area contributed by atoms with Gasteiger partial charge in [-0.05, 0) is 45.2 Å². The Balaban J connectivity index is 2.30. The molecule has 0 saturated carbocycles. The summed E-state index contributed by atoms with van der Waals surface area (Å²) in [6.45, 7) is 4.77. The van der Waals surface area contributed by atoms with Crippen molar-refractivity contribution in [1.82, 2.24) is 4.90 Å². The van der Waals surface area contributed by atoms with E-state index in [-0.39, 0.29) is 0 Å². The molecular formula is C13H26N2O3. The summed E-state index contributed by atoms with van der Waals surface area (Å²) in [7, 11) is 1.75. The first-order valence-corrected chi connectivity index (χ1v) is 6.79. The van der Waals surface area contributed by atoms with Crippen LogP contribution >= 0.6 is 0 Å². The number of carboxylic acids is 1. The lowest BCUT2D eigenvalue weighted by Crippen LogP contribution is -2.48. The van der Waals surface area contributed by atoms with Gasteiger partial charge in [-0.1, -0.05) is 6.92 Å². The average molecular weight is 258 g/mol. The molecular weight excluding hydrogens is 232 g/mol. The third-order valence-corrected chi connectivity index (χ3v) is 3.95. The first kappa shape index (κ1) is 15.4. The van der Waals surface area contributed by atoms with Crippen LogP contribution in [0.2, 0.25) is 0 Å². The SMILES string of the molecule is CCC(N)(CCCN1CCCC(OC)C1)C(=O)O. The van der Waals surface area contributed by atoms with Crippen molar-refractivity contribution in [3.8, 4) is 0 Å². The molecule has 106 valence electrons. The summed E-state index contributed by atoms with van der Waals surface area (Å²) in [5.41, 5.74) is 4.81. The standard InChI is InChI=1S/C13H26N2O3/c1-3-13(14,12(16)17)7-5-9-15-8-4-6-11(10-15)18-2/h11H,3-10,14H2,1-2H3,(H,16,17). The van der Waals surface area contributed by atoms with E-state index in [0.717, 1.165) is 38.9 Å². The second-order valence-corrected chi connectivity index (χ2v) is 5.22. The van der Waals surface area contributed by atoms with E-state index in [1.54, 1.807) is 7.11 Å². The zero-order valence-corrected chi connectivity index (χ0v) is 11.5. The molecule has 0 amide bonds. The number of rotatable bonds is 7. The van der Waals surface area contributed by atoms with Crippen LogP contribution in [0.5, 0.6) is 0 Å². The lowest BCUT2D eigenvalue weighted by molar-refractivity contribution is -0.143. The van der Waals surface area contributed by atoms with Gasteiger partial charge in [0.1, 0.15) is 5.54 Å². The number of hydrogen-bond donors (Lipinski definition) is 2. The number of carbonyl (C=O) groups is 1. The molecule has 1 rings (SSSR count). The van der Waals surface area contributed by atoms with Gasteiger partial charge in [0.05, 0.1) is 6.10 Å². The Hall–Kier alpha value is -0.650. The molecule has 0 aromatic carbocycles. The van der Waals surface area contributed by atoms with E-state index in [4.69, 9.17) is 15.6 Å². The minimum absolute atomic E-state index is 0.326. The predicted octanol–water partition coefficient (Wildman–Crippen LogP) is 1.07. The molecule has 0 aliphatic carbocycles. The largest absolute Gasteiger partial charge is 0.480 e. The van der Waals surface area contributed by atoms with Crippen LogP contribution in [0.4, 0.5) is 0 Å². The highest BCUT2D eigenvalue weighted by atomic mass is 16.5. The van der Waals surface area contributed by atoms with Gasteiger partial charge in [-0.3, -0.25) is 4.79 Å². The molecule has 2 atom stereocenters. The Labute approximate surface area is 109 Å². The Morgan fingerprint density at radius 3 is 2.89 bits per heavy atom. The number of aliphatic carboxylic acids is 1. The van der Waals surface area contributed by atoms with Gasteiger partial charge < -0.3 is 20.5 Å². The number of methoxy groups -OCH3 is 1. The second kappa shape index (κ2) is 7.07. The maximum absolute atomic E-state index is 11.1. The van der Waals surface area contributed by atoms with Crippen LogP contribution in [0.1, 0.15) is 39.0 Å². The summed E-state index contributed by atoms with van der Waals surface area (Å²) in [5, 5.41) is 9.09. The fraction of sp³-hybridized carbons (Fsp3) is 0.923. The van der Waals surface area contributed by atoms with Gasteiger partial charge in [0.25, 0.3) is 0 Å². The Bertz CT molecular complexity index is 273. The number of ether oxygens (including phenoxy) is 1. The van der Waals surface area contributed by atoms with Gasteiger partial charge in [0.2, 0.25) is 0 Å². The fourth-order valence-electron chi connectivity index (χ4n) is 2.46. The van der Waals surface area contributed by atoms with Crippen molar-refractivity contribution < 1.29 is 14.6 Å². The Morgan fingerprint density at radius 2 is 2.33 bits per heavy atom. The minimum atomic E-state index is -1.06. The summed E-state index contributed by atoms with van der Waals surface area (Å²) in [6.07, 6.45) is 4.44. The average Bonchev–Trinajstić information content (AvgIpc) is 2.38. The zero-order valence-electron chi connectivity index (χ0n) is 11.5. The predicted molar refractivity (Wildman–Crippen MR) is 70.6 cm³/mol.